The Bertz CT molecular complexity index is 1100. The number of pyridine rings is 1. The van der Waals surface area contributed by atoms with E-state index in [1.54, 1.807) is 0 Å². The van der Waals surface area contributed by atoms with E-state index in [4.69, 9.17) is 26.7 Å². The highest BCUT2D eigenvalue weighted by Crippen LogP contribution is 2.43. The molecule has 4 rings (SSSR count). The maximum Gasteiger partial charge on any atom is 0.260 e. The molecule has 0 unspecified atom stereocenters. The number of rotatable bonds is 3. The molecule has 5 nitrogen and oxygen atoms in total. The Kier molecular flexibility index (Phi) is 4.02. The lowest BCUT2D eigenvalue weighted by molar-refractivity contribution is 0.588. The molecule has 0 radical (unpaired) electrons. The van der Waals surface area contributed by atoms with Gasteiger partial charge in [0.1, 0.15) is 9.71 Å². The fourth-order valence-corrected chi connectivity index (χ4v) is 4.89. The second-order valence-electron chi connectivity index (χ2n) is 5.70. The molecular formula is C17H15ClN4OS2. The van der Waals surface area contributed by atoms with Crippen LogP contribution in [0.3, 0.4) is 0 Å². The quantitative estimate of drug-likeness (QED) is 0.500. The summed E-state index contributed by atoms with van der Waals surface area (Å²) in [6, 6.07) is 3.67. The molecular weight excluding hydrogens is 376 g/mol. The van der Waals surface area contributed by atoms with Crippen molar-refractivity contribution in [3.05, 3.63) is 33.3 Å². The Balaban J connectivity index is 1.86. The number of hydrogen-bond acceptors (Lipinski definition) is 7. The van der Waals surface area contributed by atoms with Crippen LogP contribution < -0.4 is 5.73 Å². The third-order valence-corrected chi connectivity index (χ3v) is 6.58. The second-order valence-corrected chi connectivity index (χ2v) is 8.42. The lowest BCUT2D eigenvalue weighted by Crippen LogP contribution is -1.96. The Morgan fingerprint density at radius 1 is 1.12 bits per heavy atom. The Hall–Kier alpha value is -1.96. The van der Waals surface area contributed by atoms with Crippen LogP contribution in [-0.4, -0.2) is 15.2 Å². The minimum Gasteiger partial charge on any atom is -0.414 e. The molecule has 2 N–H and O–H groups in total. The largest absolute Gasteiger partial charge is 0.414 e. The number of fused-ring (bicyclic) bond motifs is 1. The zero-order valence-corrected chi connectivity index (χ0v) is 16.3. The highest BCUT2D eigenvalue weighted by atomic mass is 35.5. The molecule has 0 fully saturated rings. The highest BCUT2D eigenvalue weighted by molar-refractivity contribution is 7.22. The summed E-state index contributed by atoms with van der Waals surface area (Å²) in [5.74, 6) is 0.856. The first-order chi connectivity index (χ1) is 12.0. The molecule has 0 aliphatic rings. The maximum absolute atomic E-state index is 6.41. The minimum atomic E-state index is 0.412. The molecule has 8 heteroatoms. The first kappa shape index (κ1) is 16.5. The number of aromatic nitrogens is 3. The van der Waals surface area contributed by atoms with Gasteiger partial charge in [-0.25, -0.2) is 4.98 Å². The first-order valence-corrected chi connectivity index (χ1v) is 9.78. The third-order valence-electron chi connectivity index (χ3n) is 4.27. The van der Waals surface area contributed by atoms with E-state index in [-0.39, 0.29) is 0 Å². The molecule has 0 aliphatic heterocycles. The zero-order chi connectivity index (χ0) is 17.7. The zero-order valence-electron chi connectivity index (χ0n) is 13.9. The monoisotopic (exact) mass is 390 g/mol. The standard InChI is InChI=1S/C17H15ClN4OS2/c1-4-9-7(2)8(3)12-13(19)14(25-17(12)20-9)16-22-21-15(23-16)10-5-6-11(18)24-10/h5-6H,4,19H2,1-3H3. The molecule has 4 aromatic rings. The van der Waals surface area contributed by atoms with Gasteiger partial charge in [-0.2, -0.15) is 0 Å². The molecule has 0 saturated carbocycles. The van der Waals surface area contributed by atoms with Crippen LogP contribution in [0.15, 0.2) is 16.5 Å². The maximum atomic E-state index is 6.41. The van der Waals surface area contributed by atoms with Gasteiger partial charge in [-0.05, 0) is 43.5 Å². The number of nitrogens with two attached hydrogens (primary N) is 1. The van der Waals surface area contributed by atoms with E-state index in [9.17, 15) is 0 Å². The van der Waals surface area contributed by atoms with Crippen molar-refractivity contribution in [1.29, 1.82) is 0 Å². The van der Waals surface area contributed by atoms with Gasteiger partial charge in [0.2, 0.25) is 0 Å². The SMILES string of the molecule is CCc1nc2sc(-c3nnc(-c4ccc(Cl)s4)o3)c(N)c2c(C)c1C. The molecule has 4 heterocycles. The van der Waals surface area contributed by atoms with Gasteiger partial charge in [0, 0.05) is 11.1 Å². The van der Waals surface area contributed by atoms with Gasteiger partial charge >= 0.3 is 0 Å². The normalized spacial score (nSPS) is 11.5. The molecule has 0 aromatic carbocycles. The highest BCUT2D eigenvalue weighted by Gasteiger charge is 2.21. The number of thiophene rings is 2. The van der Waals surface area contributed by atoms with Gasteiger partial charge in [0.05, 0.1) is 14.9 Å². The summed E-state index contributed by atoms with van der Waals surface area (Å²) in [4.78, 5) is 7.27. The van der Waals surface area contributed by atoms with Crippen molar-refractivity contribution >= 4 is 50.2 Å². The smallest absolute Gasteiger partial charge is 0.260 e. The van der Waals surface area contributed by atoms with Gasteiger partial charge in [-0.15, -0.1) is 32.9 Å². The summed E-state index contributed by atoms with van der Waals surface area (Å²) in [6.07, 6.45) is 0.888. The fourth-order valence-electron chi connectivity index (χ4n) is 2.83. The topological polar surface area (TPSA) is 77.8 Å². The van der Waals surface area contributed by atoms with E-state index in [1.807, 2.05) is 12.1 Å². The van der Waals surface area contributed by atoms with Crippen molar-refractivity contribution in [1.82, 2.24) is 15.2 Å². The Labute approximate surface area is 157 Å². The average Bonchev–Trinajstić information content (AvgIpc) is 3.29. The van der Waals surface area contributed by atoms with E-state index in [0.29, 0.717) is 21.8 Å². The first-order valence-electron chi connectivity index (χ1n) is 7.77. The van der Waals surface area contributed by atoms with E-state index in [1.165, 1.54) is 28.2 Å². The van der Waals surface area contributed by atoms with Crippen molar-refractivity contribution < 1.29 is 4.42 Å². The molecule has 4 aromatic heterocycles. The van der Waals surface area contributed by atoms with Crippen LogP contribution in [0.25, 0.3) is 31.8 Å². The van der Waals surface area contributed by atoms with Crippen molar-refractivity contribution in [2.24, 2.45) is 0 Å². The number of aryl methyl sites for hydroxylation is 2. The molecule has 0 aliphatic carbocycles. The molecule has 0 amide bonds. The predicted octanol–water partition coefficient (Wildman–Crippen LogP) is 5.49. The summed E-state index contributed by atoms with van der Waals surface area (Å²) in [5.41, 5.74) is 10.5. The molecule has 128 valence electrons. The van der Waals surface area contributed by atoms with Crippen LogP contribution in [0.2, 0.25) is 4.34 Å². The molecule has 25 heavy (non-hydrogen) atoms. The molecule has 0 saturated heterocycles. The van der Waals surface area contributed by atoms with E-state index in [0.717, 1.165) is 37.6 Å². The molecule has 0 atom stereocenters. The summed E-state index contributed by atoms with van der Waals surface area (Å²) < 4.78 is 6.52. The van der Waals surface area contributed by atoms with Crippen LogP contribution in [0, 0.1) is 13.8 Å². The summed E-state index contributed by atoms with van der Waals surface area (Å²) in [5, 5.41) is 9.28. The van der Waals surface area contributed by atoms with Crippen LogP contribution in [0.5, 0.6) is 0 Å². The van der Waals surface area contributed by atoms with E-state index in [2.05, 4.69) is 31.0 Å². The molecule has 0 spiro atoms. The fraction of sp³-hybridized carbons (Fsp3) is 0.235. The van der Waals surface area contributed by atoms with Crippen LogP contribution >= 0.6 is 34.3 Å². The number of halogens is 1. The number of hydrogen-bond donors (Lipinski definition) is 1. The van der Waals surface area contributed by atoms with Crippen molar-refractivity contribution in [3.63, 3.8) is 0 Å². The van der Waals surface area contributed by atoms with E-state index < -0.39 is 0 Å². The lowest BCUT2D eigenvalue weighted by atomic mass is 10.0. The summed E-state index contributed by atoms with van der Waals surface area (Å²) in [6.45, 7) is 6.27. The number of nitrogen functional groups attached to an aromatic ring is 1. The Morgan fingerprint density at radius 2 is 1.88 bits per heavy atom. The molecule has 0 bridgehead atoms. The van der Waals surface area contributed by atoms with Gasteiger partial charge in [0.25, 0.3) is 11.8 Å². The van der Waals surface area contributed by atoms with Gasteiger partial charge in [-0.3, -0.25) is 0 Å². The van der Waals surface area contributed by atoms with Crippen LogP contribution in [-0.2, 0) is 6.42 Å². The number of anilines is 1. The van der Waals surface area contributed by atoms with Crippen molar-refractivity contribution in [2.75, 3.05) is 5.73 Å². The van der Waals surface area contributed by atoms with Crippen LogP contribution in [0.1, 0.15) is 23.7 Å². The van der Waals surface area contributed by atoms with Gasteiger partial charge in [0.15, 0.2) is 0 Å². The van der Waals surface area contributed by atoms with Gasteiger partial charge in [-0.1, -0.05) is 18.5 Å². The van der Waals surface area contributed by atoms with Crippen molar-refractivity contribution in [2.45, 2.75) is 27.2 Å². The number of nitrogens with zero attached hydrogens (tertiary/aromatic N) is 3. The third kappa shape index (κ3) is 2.63. The van der Waals surface area contributed by atoms with Crippen LogP contribution in [0.4, 0.5) is 5.69 Å². The van der Waals surface area contributed by atoms with E-state index >= 15 is 0 Å². The average molecular weight is 391 g/mol. The second kappa shape index (κ2) is 6.09. The van der Waals surface area contributed by atoms with Crippen molar-refractivity contribution in [3.8, 4) is 21.5 Å². The minimum absolute atomic E-state index is 0.412. The van der Waals surface area contributed by atoms with Gasteiger partial charge < -0.3 is 10.2 Å². The summed E-state index contributed by atoms with van der Waals surface area (Å²) in [7, 11) is 0. The predicted molar refractivity (Wildman–Crippen MR) is 104 cm³/mol. The lowest BCUT2D eigenvalue weighted by Gasteiger charge is -2.07. The summed E-state index contributed by atoms with van der Waals surface area (Å²) >= 11 is 8.86. The Morgan fingerprint density at radius 3 is 2.56 bits per heavy atom.